The number of aromatic amines is 1. The van der Waals surface area contributed by atoms with E-state index in [-0.39, 0.29) is 12.1 Å². The number of carbonyl (C=O) groups excluding carboxylic acids is 2. The summed E-state index contributed by atoms with van der Waals surface area (Å²) in [6.45, 7) is 1.28. The highest BCUT2D eigenvalue weighted by molar-refractivity contribution is 5.97. The number of alkyl halides is 3. The molecule has 5 nitrogen and oxygen atoms in total. The van der Waals surface area contributed by atoms with Crippen LogP contribution in [0.25, 0.3) is 10.9 Å². The van der Waals surface area contributed by atoms with Crippen molar-refractivity contribution in [2.75, 3.05) is 5.32 Å². The number of benzene rings is 2. The Bertz CT molecular complexity index is 1010. The molecule has 28 heavy (non-hydrogen) atoms. The van der Waals surface area contributed by atoms with Crippen molar-refractivity contribution in [3.05, 3.63) is 65.9 Å². The Hall–Kier alpha value is -3.29. The van der Waals surface area contributed by atoms with Crippen LogP contribution >= 0.6 is 0 Å². The van der Waals surface area contributed by atoms with Crippen LogP contribution in [0.2, 0.25) is 0 Å². The van der Waals surface area contributed by atoms with E-state index in [2.05, 4.69) is 15.6 Å². The molecule has 1 aromatic heterocycles. The van der Waals surface area contributed by atoms with Gasteiger partial charge in [0.1, 0.15) is 6.04 Å². The van der Waals surface area contributed by atoms with Crippen molar-refractivity contribution in [3.63, 3.8) is 0 Å². The average molecular weight is 389 g/mol. The number of fused-ring (bicyclic) bond motifs is 1. The molecule has 0 aliphatic carbocycles. The molecule has 0 saturated heterocycles. The minimum Gasteiger partial charge on any atom is -0.361 e. The second-order valence-electron chi connectivity index (χ2n) is 6.38. The van der Waals surface area contributed by atoms with Crippen molar-refractivity contribution in [1.82, 2.24) is 10.3 Å². The predicted octanol–water partition coefficient (Wildman–Crippen LogP) is 3.87. The lowest BCUT2D eigenvalue weighted by atomic mass is 10.0. The van der Waals surface area contributed by atoms with Gasteiger partial charge >= 0.3 is 6.18 Å². The van der Waals surface area contributed by atoms with Crippen LogP contribution in [0.1, 0.15) is 18.1 Å². The van der Waals surface area contributed by atoms with Gasteiger partial charge in [-0.05, 0) is 29.8 Å². The van der Waals surface area contributed by atoms with Gasteiger partial charge in [0.25, 0.3) is 0 Å². The standard InChI is InChI=1S/C20H18F3N3O2/c1-12(27)25-18(9-13-11-24-17-8-3-2-7-16(13)17)19(28)26-15-6-4-5-14(10-15)20(21,22)23/h2-8,10-11,18,24H,9H2,1H3,(H,25,27)(H,26,28). The van der Waals surface area contributed by atoms with Crippen LogP contribution in [0.15, 0.2) is 54.7 Å². The van der Waals surface area contributed by atoms with Crippen LogP contribution in [-0.4, -0.2) is 22.8 Å². The van der Waals surface area contributed by atoms with Crippen molar-refractivity contribution < 1.29 is 22.8 Å². The van der Waals surface area contributed by atoms with Crippen molar-refractivity contribution in [3.8, 4) is 0 Å². The maximum Gasteiger partial charge on any atom is 0.416 e. The molecule has 3 aromatic rings. The summed E-state index contributed by atoms with van der Waals surface area (Å²) in [5.41, 5.74) is 0.845. The van der Waals surface area contributed by atoms with E-state index in [0.717, 1.165) is 28.6 Å². The fourth-order valence-corrected chi connectivity index (χ4v) is 2.98. The van der Waals surface area contributed by atoms with Crippen LogP contribution in [0.3, 0.4) is 0 Å². The lowest BCUT2D eigenvalue weighted by Gasteiger charge is -2.18. The third-order valence-corrected chi connectivity index (χ3v) is 4.25. The molecule has 2 aromatic carbocycles. The summed E-state index contributed by atoms with van der Waals surface area (Å²) >= 11 is 0. The van der Waals surface area contributed by atoms with E-state index in [0.29, 0.717) is 0 Å². The highest BCUT2D eigenvalue weighted by atomic mass is 19.4. The maximum atomic E-state index is 12.9. The smallest absolute Gasteiger partial charge is 0.361 e. The monoisotopic (exact) mass is 389 g/mol. The molecule has 0 saturated carbocycles. The molecule has 146 valence electrons. The lowest BCUT2D eigenvalue weighted by Crippen LogP contribution is -2.44. The predicted molar refractivity (Wildman–Crippen MR) is 99.7 cm³/mol. The fraction of sp³-hybridized carbons (Fsp3) is 0.200. The zero-order valence-corrected chi connectivity index (χ0v) is 14.9. The molecule has 0 spiro atoms. The Morgan fingerprint density at radius 2 is 1.86 bits per heavy atom. The third-order valence-electron chi connectivity index (χ3n) is 4.25. The van der Waals surface area contributed by atoms with Crippen molar-refractivity contribution in [2.24, 2.45) is 0 Å². The Kier molecular flexibility index (Phi) is 5.39. The zero-order chi connectivity index (χ0) is 20.3. The summed E-state index contributed by atoms with van der Waals surface area (Å²) in [7, 11) is 0. The minimum absolute atomic E-state index is 0.00843. The molecule has 0 aliphatic heterocycles. The first-order valence-corrected chi connectivity index (χ1v) is 8.54. The zero-order valence-electron chi connectivity index (χ0n) is 14.9. The van der Waals surface area contributed by atoms with E-state index in [9.17, 15) is 22.8 Å². The second kappa shape index (κ2) is 7.75. The van der Waals surface area contributed by atoms with Crippen LogP contribution in [0, 0.1) is 0 Å². The van der Waals surface area contributed by atoms with Gasteiger partial charge in [-0.3, -0.25) is 9.59 Å². The number of rotatable bonds is 5. The Labute approximate surface area is 158 Å². The number of nitrogens with one attached hydrogen (secondary N) is 3. The number of H-pyrrole nitrogens is 1. The first-order valence-electron chi connectivity index (χ1n) is 8.54. The number of halogens is 3. The van der Waals surface area contributed by atoms with Gasteiger partial charge in [-0.15, -0.1) is 0 Å². The molecule has 0 fully saturated rings. The Morgan fingerprint density at radius 3 is 2.57 bits per heavy atom. The van der Waals surface area contributed by atoms with Crippen LogP contribution in [0.5, 0.6) is 0 Å². The van der Waals surface area contributed by atoms with Crippen LogP contribution < -0.4 is 10.6 Å². The normalized spacial score (nSPS) is 12.6. The largest absolute Gasteiger partial charge is 0.416 e. The van der Waals surface area contributed by atoms with Gasteiger partial charge in [0.15, 0.2) is 0 Å². The molecular weight excluding hydrogens is 371 g/mol. The highest BCUT2D eigenvalue weighted by Crippen LogP contribution is 2.30. The van der Waals surface area contributed by atoms with Gasteiger partial charge in [0.2, 0.25) is 11.8 Å². The average Bonchev–Trinajstić information content (AvgIpc) is 3.03. The summed E-state index contributed by atoms with van der Waals surface area (Å²) in [5.74, 6) is -1.01. The Morgan fingerprint density at radius 1 is 1.11 bits per heavy atom. The molecule has 8 heteroatoms. The molecule has 1 atom stereocenters. The van der Waals surface area contributed by atoms with Gasteiger partial charge < -0.3 is 15.6 Å². The van der Waals surface area contributed by atoms with E-state index in [1.165, 1.54) is 19.1 Å². The number of anilines is 1. The van der Waals surface area contributed by atoms with Crippen molar-refractivity contribution in [1.29, 1.82) is 0 Å². The molecule has 3 N–H and O–H groups in total. The van der Waals surface area contributed by atoms with Crippen molar-refractivity contribution >= 4 is 28.4 Å². The van der Waals surface area contributed by atoms with Crippen LogP contribution in [-0.2, 0) is 22.2 Å². The quantitative estimate of drug-likeness (QED) is 0.620. The van der Waals surface area contributed by atoms with Gasteiger partial charge in [0, 0.05) is 36.1 Å². The maximum absolute atomic E-state index is 12.9. The number of hydrogen-bond acceptors (Lipinski definition) is 2. The molecule has 1 heterocycles. The van der Waals surface area contributed by atoms with Gasteiger partial charge in [-0.1, -0.05) is 24.3 Å². The number of para-hydroxylation sites is 1. The Balaban J connectivity index is 1.81. The van der Waals surface area contributed by atoms with E-state index >= 15 is 0 Å². The molecule has 3 rings (SSSR count). The van der Waals surface area contributed by atoms with Crippen molar-refractivity contribution in [2.45, 2.75) is 25.6 Å². The summed E-state index contributed by atoms with van der Waals surface area (Å²) < 4.78 is 38.6. The summed E-state index contributed by atoms with van der Waals surface area (Å²) in [6, 6.07) is 10.9. The fourth-order valence-electron chi connectivity index (χ4n) is 2.98. The molecule has 0 aliphatic rings. The number of amides is 2. The molecule has 0 radical (unpaired) electrons. The second-order valence-corrected chi connectivity index (χ2v) is 6.38. The van der Waals surface area contributed by atoms with Crippen LogP contribution in [0.4, 0.5) is 18.9 Å². The van der Waals surface area contributed by atoms with Gasteiger partial charge in [-0.25, -0.2) is 0 Å². The molecule has 1 unspecified atom stereocenters. The number of aromatic nitrogens is 1. The van der Waals surface area contributed by atoms with Gasteiger partial charge in [0.05, 0.1) is 5.56 Å². The van der Waals surface area contributed by atoms with E-state index in [4.69, 9.17) is 0 Å². The van der Waals surface area contributed by atoms with E-state index in [1.54, 1.807) is 6.20 Å². The molecular formula is C20H18F3N3O2. The van der Waals surface area contributed by atoms with E-state index < -0.39 is 29.6 Å². The SMILES string of the molecule is CC(=O)NC(Cc1c[nH]c2ccccc12)C(=O)Nc1cccc(C(F)(F)F)c1. The molecule has 0 bridgehead atoms. The summed E-state index contributed by atoms with van der Waals surface area (Å²) in [4.78, 5) is 27.3. The molecule has 2 amide bonds. The van der Waals surface area contributed by atoms with Gasteiger partial charge in [-0.2, -0.15) is 13.2 Å². The first kappa shape index (κ1) is 19.5. The first-order chi connectivity index (χ1) is 13.2. The summed E-state index contributed by atoms with van der Waals surface area (Å²) in [6.07, 6.45) is -2.58. The third kappa shape index (κ3) is 4.51. The topological polar surface area (TPSA) is 74.0 Å². The minimum atomic E-state index is -4.51. The summed E-state index contributed by atoms with van der Waals surface area (Å²) in [5, 5.41) is 5.92. The lowest BCUT2D eigenvalue weighted by molar-refractivity contribution is -0.137. The highest BCUT2D eigenvalue weighted by Gasteiger charge is 2.30. The number of carbonyl (C=O) groups is 2. The number of hydrogen-bond donors (Lipinski definition) is 3. The van der Waals surface area contributed by atoms with E-state index in [1.807, 2.05) is 24.3 Å².